The average molecular weight is 280 g/mol. The smallest absolute Gasteiger partial charge is 0.241 e. The van der Waals surface area contributed by atoms with E-state index < -0.39 is 0 Å². The van der Waals surface area contributed by atoms with Crippen molar-refractivity contribution >= 4 is 17.5 Å². The second kappa shape index (κ2) is 5.49. The van der Waals surface area contributed by atoms with Gasteiger partial charge in [-0.25, -0.2) is 10.9 Å². The van der Waals surface area contributed by atoms with Gasteiger partial charge in [-0.05, 0) is 30.9 Å². The molecule has 0 radical (unpaired) electrons. The normalized spacial score (nSPS) is 26.9. The Morgan fingerprint density at radius 2 is 1.95 bits per heavy atom. The monoisotopic (exact) mass is 279 g/mol. The largest absolute Gasteiger partial charge is 0.341 e. The molecule has 2 N–H and O–H groups in total. The molecule has 2 heterocycles. The number of hydrogen-bond acceptors (Lipinski definition) is 3. The molecule has 0 bridgehead atoms. The van der Waals surface area contributed by atoms with Gasteiger partial charge in [0.25, 0.3) is 0 Å². The van der Waals surface area contributed by atoms with Gasteiger partial charge in [0.2, 0.25) is 5.91 Å². The molecule has 2 aliphatic rings. The summed E-state index contributed by atoms with van der Waals surface area (Å²) < 4.78 is 0. The Morgan fingerprint density at radius 1 is 1.21 bits per heavy atom. The molecule has 3 rings (SSSR count). The van der Waals surface area contributed by atoms with Crippen molar-refractivity contribution in [1.82, 2.24) is 15.8 Å². The Morgan fingerprint density at radius 3 is 2.68 bits per heavy atom. The number of nitrogens with one attached hydrogen (secondary N) is 2. The molecule has 2 fully saturated rings. The molecule has 0 aliphatic carbocycles. The lowest BCUT2D eigenvalue weighted by molar-refractivity contribution is -0.132. The maximum Gasteiger partial charge on any atom is 0.241 e. The van der Waals surface area contributed by atoms with E-state index in [1.807, 2.05) is 29.2 Å². The van der Waals surface area contributed by atoms with Crippen LogP contribution in [0.3, 0.4) is 0 Å². The van der Waals surface area contributed by atoms with Crippen LogP contribution in [0.2, 0.25) is 5.02 Å². The number of hydrogen-bond donors (Lipinski definition) is 2. The molecule has 4 nitrogen and oxygen atoms in total. The quantitative estimate of drug-likeness (QED) is 0.869. The Bertz CT molecular complexity index is 474. The summed E-state index contributed by atoms with van der Waals surface area (Å²) in [5.74, 6) is 0.208. The molecule has 2 saturated heterocycles. The zero-order valence-electron chi connectivity index (χ0n) is 10.7. The van der Waals surface area contributed by atoms with Crippen LogP contribution < -0.4 is 10.9 Å². The zero-order valence-corrected chi connectivity index (χ0v) is 11.5. The van der Waals surface area contributed by atoms with Crippen molar-refractivity contribution < 1.29 is 4.79 Å². The van der Waals surface area contributed by atoms with E-state index in [1.165, 1.54) is 0 Å². The lowest BCUT2D eigenvalue weighted by Gasteiger charge is -2.19. The molecule has 19 heavy (non-hydrogen) atoms. The summed E-state index contributed by atoms with van der Waals surface area (Å²) in [4.78, 5) is 14.3. The molecule has 0 aromatic heterocycles. The van der Waals surface area contributed by atoms with Gasteiger partial charge < -0.3 is 4.90 Å². The third kappa shape index (κ3) is 2.61. The van der Waals surface area contributed by atoms with Crippen LogP contribution in [0.1, 0.15) is 30.9 Å². The highest BCUT2D eigenvalue weighted by molar-refractivity contribution is 6.31. The first-order valence-corrected chi connectivity index (χ1v) is 7.18. The minimum atomic E-state index is -0.139. The van der Waals surface area contributed by atoms with Crippen molar-refractivity contribution in [1.29, 1.82) is 0 Å². The van der Waals surface area contributed by atoms with Gasteiger partial charge in [-0.1, -0.05) is 29.8 Å². The Kier molecular flexibility index (Phi) is 3.73. The van der Waals surface area contributed by atoms with E-state index in [4.69, 9.17) is 11.6 Å². The number of amides is 1. The van der Waals surface area contributed by atoms with E-state index in [9.17, 15) is 4.79 Å². The van der Waals surface area contributed by atoms with Gasteiger partial charge in [-0.2, -0.15) is 0 Å². The second-order valence-electron chi connectivity index (χ2n) is 5.18. The third-order valence-corrected chi connectivity index (χ3v) is 4.24. The van der Waals surface area contributed by atoms with Crippen LogP contribution >= 0.6 is 11.6 Å². The highest BCUT2D eigenvalue weighted by atomic mass is 35.5. The van der Waals surface area contributed by atoms with Crippen LogP contribution in [0.4, 0.5) is 0 Å². The van der Waals surface area contributed by atoms with Crippen LogP contribution in [-0.2, 0) is 4.79 Å². The van der Waals surface area contributed by atoms with E-state index in [1.54, 1.807) is 0 Å². The summed E-state index contributed by atoms with van der Waals surface area (Å²) in [6, 6.07) is 7.74. The Hall–Kier alpha value is -1.10. The molecular weight excluding hydrogens is 262 g/mol. The molecule has 0 saturated carbocycles. The van der Waals surface area contributed by atoms with Crippen LogP contribution in [0.25, 0.3) is 0 Å². The van der Waals surface area contributed by atoms with Crippen LogP contribution in [-0.4, -0.2) is 29.9 Å². The molecule has 0 spiro atoms. The van der Waals surface area contributed by atoms with Gasteiger partial charge in [0.05, 0.1) is 0 Å². The number of hydrazine groups is 1. The lowest BCUT2D eigenvalue weighted by Crippen LogP contribution is -2.44. The van der Waals surface area contributed by atoms with Gasteiger partial charge in [0.15, 0.2) is 0 Å². The molecule has 1 amide bonds. The number of carbonyl (C=O) groups excluding carboxylic acids is 1. The zero-order chi connectivity index (χ0) is 13.2. The predicted molar refractivity (Wildman–Crippen MR) is 74.7 cm³/mol. The van der Waals surface area contributed by atoms with Gasteiger partial charge in [-0.3, -0.25) is 4.79 Å². The minimum Gasteiger partial charge on any atom is -0.341 e. The van der Waals surface area contributed by atoms with Gasteiger partial charge in [0.1, 0.15) is 6.04 Å². The topological polar surface area (TPSA) is 44.4 Å². The lowest BCUT2D eigenvalue weighted by atomic mass is 10.0. The summed E-state index contributed by atoms with van der Waals surface area (Å²) in [7, 11) is 0. The summed E-state index contributed by atoms with van der Waals surface area (Å²) in [6.07, 6.45) is 3.00. The fraction of sp³-hybridized carbons (Fsp3) is 0.500. The molecule has 2 aliphatic heterocycles. The highest BCUT2D eigenvalue weighted by Crippen LogP contribution is 2.29. The predicted octanol–water partition coefficient (Wildman–Crippen LogP) is 1.87. The summed E-state index contributed by atoms with van der Waals surface area (Å²) in [5, 5.41) is 0.746. The van der Waals surface area contributed by atoms with Crippen molar-refractivity contribution in [2.45, 2.75) is 31.3 Å². The van der Waals surface area contributed by atoms with Crippen LogP contribution in [0.15, 0.2) is 24.3 Å². The molecule has 1 aromatic rings. The highest BCUT2D eigenvalue weighted by Gasteiger charge is 2.34. The number of nitrogens with zero attached hydrogens (tertiary/aromatic N) is 1. The van der Waals surface area contributed by atoms with E-state index in [0.717, 1.165) is 42.9 Å². The van der Waals surface area contributed by atoms with Crippen molar-refractivity contribution in [2.75, 3.05) is 13.1 Å². The summed E-state index contributed by atoms with van der Waals surface area (Å²) >= 11 is 6.20. The number of carbonyl (C=O) groups is 1. The molecule has 102 valence electrons. The fourth-order valence-electron chi connectivity index (χ4n) is 2.84. The molecule has 1 aromatic carbocycles. The Balaban J connectivity index is 1.67. The maximum absolute atomic E-state index is 12.3. The van der Waals surface area contributed by atoms with E-state index >= 15 is 0 Å². The summed E-state index contributed by atoms with van der Waals surface area (Å²) in [6.45, 7) is 1.79. The van der Waals surface area contributed by atoms with Crippen molar-refractivity contribution in [3.05, 3.63) is 34.9 Å². The van der Waals surface area contributed by atoms with Crippen LogP contribution in [0, 0.1) is 0 Å². The van der Waals surface area contributed by atoms with E-state index in [-0.39, 0.29) is 18.0 Å². The third-order valence-electron chi connectivity index (χ3n) is 3.90. The molecule has 2 unspecified atom stereocenters. The van der Waals surface area contributed by atoms with Gasteiger partial charge >= 0.3 is 0 Å². The van der Waals surface area contributed by atoms with Crippen molar-refractivity contribution in [2.24, 2.45) is 0 Å². The van der Waals surface area contributed by atoms with E-state index in [0.29, 0.717) is 0 Å². The molecule has 5 heteroatoms. The molecular formula is C14H18ClN3O. The SMILES string of the molecule is O=C(C1CC(c2ccccc2Cl)NN1)N1CCCC1. The first-order chi connectivity index (χ1) is 9.25. The first kappa shape index (κ1) is 12.9. The van der Waals surface area contributed by atoms with Gasteiger partial charge in [-0.15, -0.1) is 0 Å². The molecule has 2 atom stereocenters. The fourth-order valence-corrected chi connectivity index (χ4v) is 3.11. The standard InChI is InChI=1S/C14H18ClN3O/c15-11-6-2-1-5-10(11)12-9-13(17-16-12)14(19)18-7-3-4-8-18/h1-2,5-6,12-13,16-17H,3-4,7-9H2. The van der Waals surface area contributed by atoms with E-state index in [2.05, 4.69) is 10.9 Å². The Labute approximate surface area is 118 Å². The number of benzene rings is 1. The first-order valence-electron chi connectivity index (χ1n) is 6.80. The average Bonchev–Trinajstić information content (AvgIpc) is 3.10. The number of rotatable bonds is 2. The number of halogens is 1. The summed E-state index contributed by atoms with van der Waals surface area (Å²) in [5.41, 5.74) is 7.34. The maximum atomic E-state index is 12.3. The van der Waals surface area contributed by atoms with Crippen molar-refractivity contribution in [3.8, 4) is 0 Å². The van der Waals surface area contributed by atoms with Gasteiger partial charge in [0, 0.05) is 24.2 Å². The van der Waals surface area contributed by atoms with Crippen molar-refractivity contribution in [3.63, 3.8) is 0 Å². The minimum absolute atomic E-state index is 0.102. The van der Waals surface area contributed by atoms with Crippen LogP contribution in [0.5, 0.6) is 0 Å². The second-order valence-corrected chi connectivity index (χ2v) is 5.59. The number of likely N-dealkylation sites (tertiary alicyclic amines) is 1.